The molecule has 4 aliphatic heterocycles. The Morgan fingerprint density at radius 2 is 1.79 bits per heavy atom. The average molecular weight is 713 g/mol. The fourth-order valence-corrected chi connectivity index (χ4v) is 9.08. The zero-order valence-corrected chi connectivity index (χ0v) is 28.8. The van der Waals surface area contributed by atoms with Crippen LogP contribution < -0.4 is 5.32 Å². The number of hydrogen-bond donors (Lipinski definition) is 2. The van der Waals surface area contributed by atoms with E-state index in [2.05, 4.69) is 21.2 Å². The van der Waals surface area contributed by atoms with Gasteiger partial charge in [0.15, 0.2) is 0 Å². The highest BCUT2D eigenvalue weighted by Crippen LogP contribution is 2.59. The van der Waals surface area contributed by atoms with Gasteiger partial charge in [-0.15, -0.1) is 0 Å². The van der Waals surface area contributed by atoms with Crippen LogP contribution in [0.25, 0.3) is 0 Å². The first-order chi connectivity index (χ1) is 22.7. The van der Waals surface area contributed by atoms with Gasteiger partial charge in [-0.3, -0.25) is 19.2 Å². The van der Waals surface area contributed by atoms with Crippen LogP contribution in [0.2, 0.25) is 0 Å². The first-order valence-electron chi connectivity index (χ1n) is 17.1. The van der Waals surface area contributed by atoms with Crippen LogP contribution in [0.1, 0.15) is 76.8 Å². The molecule has 1 saturated carbocycles. The van der Waals surface area contributed by atoms with Gasteiger partial charge in [-0.05, 0) is 43.2 Å². The molecule has 254 valence electrons. The third-order valence-electron chi connectivity index (χ3n) is 10.5. The Kier molecular flexibility index (Phi) is 10.2. The van der Waals surface area contributed by atoms with Gasteiger partial charge in [-0.25, -0.2) is 0 Å². The first-order valence-corrected chi connectivity index (χ1v) is 17.9. The van der Waals surface area contributed by atoms with Gasteiger partial charge < -0.3 is 29.7 Å². The Morgan fingerprint density at radius 3 is 2.49 bits per heavy atom. The lowest BCUT2D eigenvalue weighted by Crippen LogP contribution is -2.60. The predicted octanol–water partition coefficient (Wildman–Crippen LogP) is 4.18. The molecule has 5 aliphatic rings. The van der Waals surface area contributed by atoms with Gasteiger partial charge in [0.1, 0.15) is 24.4 Å². The molecule has 3 fully saturated rings. The summed E-state index contributed by atoms with van der Waals surface area (Å²) in [4.78, 5) is 60.3. The van der Waals surface area contributed by atoms with E-state index in [1.807, 2.05) is 67.3 Å². The number of allylic oxidation sites excluding steroid dienone is 1. The van der Waals surface area contributed by atoms with Crippen molar-refractivity contribution in [1.82, 2.24) is 15.1 Å². The molecule has 47 heavy (non-hydrogen) atoms. The maximum absolute atomic E-state index is 15.1. The van der Waals surface area contributed by atoms with Crippen molar-refractivity contribution < 1.29 is 33.8 Å². The van der Waals surface area contributed by atoms with Crippen LogP contribution >= 0.6 is 15.9 Å². The molecule has 2 N–H and O–H groups in total. The zero-order chi connectivity index (χ0) is 33.3. The van der Waals surface area contributed by atoms with E-state index >= 15 is 4.79 Å². The van der Waals surface area contributed by atoms with Crippen LogP contribution in [0.15, 0.2) is 53.0 Å². The second-order valence-electron chi connectivity index (χ2n) is 14.0. The molecule has 3 amide bonds. The van der Waals surface area contributed by atoms with Gasteiger partial charge in [0.25, 0.3) is 0 Å². The van der Waals surface area contributed by atoms with Crippen LogP contribution in [0, 0.1) is 17.8 Å². The molecule has 6 rings (SSSR count). The first kappa shape index (κ1) is 33.9. The van der Waals surface area contributed by atoms with E-state index in [-0.39, 0.29) is 49.4 Å². The van der Waals surface area contributed by atoms with E-state index in [4.69, 9.17) is 9.47 Å². The SMILES string of the molecule is CC(C)C[C@H](CO)N1C(=O)[C@H]2[C@@H]3C(=O)N[C@H](c4ccccc4)COC(=O)CC/C=C\CN(C4CCCCC4)C(=O)[C@H]1[C@@]21C=C(Br)[C@@H]3O1. The minimum absolute atomic E-state index is 0.0187. The summed E-state index contributed by atoms with van der Waals surface area (Å²) in [7, 11) is 0. The van der Waals surface area contributed by atoms with Gasteiger partial charge >= 0.3 is 5.97 Å². The molecule has 1 aromatic rings. The summed E-state index contributed by atoms with van der Waals surface area (Å²) in [5.74, 6) is -3.16. The van der Waals surface area contributed by atoms with Crippen molar-refractivity contribution in [3.63, 3.8) is 0 Å². The number of esters is 1. The van der Waals surface area contributed by atoms with E-state index in [9.17, 15) is 19.5 Å². The number of cyclic esters (lactones) is 1. The van der Waals surface area contributed by atoms with Crippen LogP contribution in [0.4, 0.5) is 0 Å². The van der Waals surface area contributed by atoms with E-state index in [1.54, 1.807) is 4.90 Å². The monoisotopic (exact) mass is 711 g/mol. The number of carbonyl (C=O) groups excluding carboxylic acids is 4. The normalized spacial score (nSPS) is 33.5. The highest BCUT2D eigenvalue weighted by atomic mass is 79.9. The Morgan fingerprint density at radius 1 is 1.04 bits per heavy atom. The molecule has 0 aromatic heterocycles. The molecule has 10 nitrogen and oxygen atoms in total. The van der Waals surface area contributed by atoms with Crippen molar-refractivity contribution >= 4 is 39.6 Å². The number of hydrogen-bond acceptors (Lipinski definition) is 7. The second kappa shape index (κ2) is 14.2. The number of ether oxygens (including phenoxy) is 2. The molecule has 1 spiro atoms. The fourth-order valence-electron chi connectivity index (χ4n) is 8.35. The van der Waals surface area contributed by atoms with E-state index < -0.39 is 47.6 Å². The minimum atomic E-state index is -1.39. The third kappa shape index (κ3) is 6.43. The summed E-state index contributed by atoms with van der Waals surface area (Å²) in [6.45, 7) is 3.98. The summed E-state index contributed by atoms with van der Waals surface area (Å²) in [6.07, 6.45) is 10.8. The number of amides is 3. The number of nitrogens with one attached hydrogen (secondary N) is 1. The molecule has 4 heterocycles. The highest BCUT2D eigenvalue weighted by Gasteiger charge is 2.75. The topological polar surface area (TPSA) is 125 Å². The summed E-state index contributed by atoms with van der Waals surface area (Å²) < 4.78 is 13.0. The molecular formula is C36H46BrN3O7. The second-order valence-corrected chi connectivity index (χ2v) is 14.9. The van der Waals surface area contributed by atoms with Crippen LogP contribution in [-0.2, 0) is 28.7 Å². The van der Waals surface area contributed by atoms with Crippen LogP contribution in [0.5, 0.6) is 0 Å². The number of benzene rings is 1. The number of halogens is 1. The van der Waals surface area contributed by atoms with Crippen molar-refractivity contribution in [2.75, 3.05) is 19.8 Å². The summed E-state index contributed by atoms with van der Waals surface area (Å²) in [5, 5.41) is 13.8. The smallest absolute Gasteiger partial charge is 0.306 e. The maximum Gasteiger partial charge on any atom is 0.306 e. The highest BCUT2D eigenvalue weighted by molar-refractivity contribution is 9.11. The van der Waals surface area contributed by atoms with Gasteiger partial charge in [0, 0.05) is 23.5 Å². The quantitative estimate of drug-likeness (QED) is 0.335. The number of nitrogens with zero attached hydrogens (tertiary/aromatic N) is 2. The molecule has 11 heteroatoms. The maximum atomic E-state index is 15.1. The zero-order valence-electron chi connectivity index (χ0n) is 27.2. The number of aliphatic hydroxyl groups is 1. The molecule has 1 aromatic carbocycles. The Labute approximate surface area is 285 Å². The molecule has 7 atom stereocenters. The standard InChI is InChI=1S/C36H46BrN3O7/c1-22(2)18-25(20-41)40-32-35(45)39(24-14-8-4-9-15-24)17-11-5-10-16-28(42)46-21-27(23-12-6-3-7-13-23)38-33(43)29-30(34(40)44)36(32)19-26(37)31(29)47-36/h3,5-7,11-13,19,22,24-25,27,29-32,41H,4,8-10,14-18,20-21H2,1-2H3,(H,38,43)/b11-5-/t25-,27+,29+,30-,31+,32+,36-/m1/s1. The van der Waals surface area contributed by atoms with Gasteiger partial charge in [0.2, 0.25) is 17.7 Å². The number of fused-ring (bicyclic) bond motifs is 2. The number of likely N-dealkylation sites (tertiary alicyclic amines) is 1. The van der Waals surface area contributed by atoms with E-state index in [1.165, 1.54) is 0 Å². The molecule has 0 unspecified atom stereocenters. The third-order valence-corrected chi connectivity index (χ3v) is 11.1. The van der Waals surface area contributed by atoms with Crippen LogP contribution in [-0.4, -0.2) is 88.2 Å². The average Bonchev–Trinajstić information content (AvgIpc) is 3.66. The van der Waals surface area contributed by atoms with Crippen LogP contribution in [0.3, 0.4) is 0 Å². The minimum Gasteiger partial charge on any atom is -0.463 e. The van der Waals surface area contributed by atoms with Gasteiger partial charge in [0.05, 0.1) is 30.5 Å². The largest absolute Gasteiger partial charge is 0.463 e. The van der Waals surface area contributed by atoms with Crippen molar-refractivity contribution in [2.45, 2.75) is 101 Å². The molecule has 0 radical (unpaired) electrons. The Hall–Kier alpha value is -3.02. The lowest BCUT2D eigenvalue weighted by molar-refractivity contribution is -0.152. The molecule has 2 saturated heterocycles. The number of carbonyl (C=O) groups is 4. The lowest BCUT2D eigenvalue weighted by atomic mass is 9.73. The van der Waals surface area contributed by atoms with E-state index in [0.717, 1.165) is 37.7 Å². The Bertz CT molecular complexity index is 1410. The molecule has 1 aliphatic carbocycles. The summed E-state index contributed by atoms with van der Waals surface area (Å²) in [6, 6.07) is 6.92. The van der Waals surface area contributed by atoms with Gasteiger partial charge in [-0.2, -0.15) is 0 Å². The predicted molar refractivity (Wildman–Crippen MR) is 178 cm³/mol. The van der Waals surface area contributed by atoms with E-state index in [0.29, 0.717) is 23.9 Å². The summed E-state index contributed by atoms with van der Waals surface area (Å²) >= 11 is 3.64. The Balaban J connectivity index is 1.46. The number of rotatable bonds is 6. The van der Waals surface area contributed by atoms with Gasteiger partial charge in [-0.1, -0.05) is 91.5 Å². The van der Waals surface area contributed by atoms with Crippen molar-refractivity contribution in [3.8, 4) is 0 Å². The fraction of sp³-hybridized carbons (Fsp3) is 0.611. The van der Waals surface area contributed by atoms with Crippen molar-refractivity contribution in [2.24, 2.45) is 17.8 Å². The van der Waals surface area contributed by atoms with Crippen molar-refractivity contribution in [1.29, 1.82) is 0 Å². The summed E-state index contributed by atoms with van der Waals surface area (Å²) in [5.41, 5.74) is -0.628. The lowest BCUT2D eigenvalue weighted by Gasteiger charge is -2.42. The number of aliphatic hydroxyl groups excluding tert-OH is 1. The van der Waals surface area contributed by atoms with Crippen molar-refractivity contribution in [3.05, 3.63) is 58.6 Å². The molecule has 5 bridgehead atoms. The molecular weight excluding hydrogens is 666 g/mol.